The van der Waals surface area contributed by atoms with Crippen LogP contribution in [0.3, 0.4) is 0 Å². The number of aromatic nitrogens is 2. The van der Waals surface area contributed by atoms with Crippen LogP contribution in [0.5, 0.6) is 0 Å². The molecule has 0 saturated carbocycles. The zero-order chi connectivity index (χ0) is 13.1. The Morgan fingerprint density at radius 1 is 1.56 bits per heavy atom. The van der Waals surface area contributed by atoms with Crippen molar-refractivity contribution in [2.45, 2.75) is 0 Å². The molecule has 0 atom stereocenters. The Kier molecular flexibility index (Phi) is 2.93. The average molecular weight is 246 g/mol. The number of rotatable bonds is 2. The highest BCUT2D eigenvalue weighted by Crippen LogP contribution is 2.13. The summed E-state index contributed by atoms with van der Waals surface area (Å²) in [5, 5.41) is 14.7. The minimum atomic E-state index is -0.823. The third kappa shape index (κ3) is 1.76. The van der Waals surface area contributed by atoms with Crippen LogP contribution in [0.1, 0.15) is 17.6 Å². The molecule has 1 N–H and O–H groups in total. The molecule has 0 saturated heterocycles. The number of nitrogens with one attached hydrogen (secondary N) is 1. The Bertz CT molecular complexity index is 698. The molecule has 92 valence electrons. The van der Waals surface area contributed by atoms with E-state index in [2.05, 4.69) is 15.0 Å². The second kappa shape index (κ2) is 4.55. The Morgan fingerprint density at radius 3 is 2.94 bits per heavy atom. The maximum Gasteiger partial charge on any atom is 0.446 e. The van der Waals surface area contributed by atoms with Crippen LogP contribution in [0.25, 0.3) is 5.69 Å². The summed E-state index contributed by atoms with van der Waals surface area (Å²) in [7, 11) is 1.40. The summed E-state index contributed by atoms with van der Waals surface area (Å²) >= 11 is 0. The maximum absolute atomic E-state index is 11.6. The first-order valence-corrected chi connectivity index (χ1v) is 4.99. The van der Waals surface area contributed by atoms with Gasteiger partial charge in [0.25, 0.3) is 5.91 Å². The zero-order valence-corrected chi connectivity index (χ0v) is 9.38. The fraction of sp³-hybridized carbons (Fsp3) is 0.0909. The van der Waals surface area contributed by atoms with E-state index in [0.29, 0.717) is 0 Å². The summed E-state index contributed by atoms with van der Waals surface area (Å²) in [6.45, 7) is 0. The molecule has 0 aliphatic heterocycles. The first-order chi connectivity index (χ1) is 8.69. The van der Waals surface area contributed by atoms with Crippen LogP contribution < -0.4 is 11.1 Å². The molecule has 1 heterocycles. The minimum absolute atomic E-state index is 0. The molecule has 18 heavy (non-hydrogen) atoms. The summed E-state index contributed by atoms with van der Waals surface area (Å²) in [4.78, 5) is 23.1. The minimum Gasteiger partial charge on any atom is -0.352 e. The second-order valence-corrected chi connectivity index (χ2v) is 3.32. The summed E-state index contributed by atoms with van der Waals surface area (Å²) < 4.78 is 5.42. The van der Waals surface area contributed by atoms with Crippen molar-refractivity contribution in [1.82, 2.24) is 15.0 Å². The van der Waals surface area contributed by atoms with Crippen molar-refractivity contribution in [2.24, 2.45) is 0 Å². The number of carbonyl (C=O) groups is 1. The predicted octanol–water partition coefficient (Wildman–Crippen LogP) is 0.303. The highest BCUT2D eigenvalue weighted by molar-refractivity contribution is 5.90. The van der Waals surface area contributed by atoms with Gasteiger partial charge in [0.2, 0.25) is 5.82 Å². The van der Waals surface area contributed by atoms with Gasteiger partial charge in [0.1, 0.15) is 6.07 Å². The van der Waals surface area contributed by atoms with E-state index in [-0.39, 0.29) is 18.5 Å². The normalized spacial score (nSPS) is 9.78. The van der Waals surface area contributed by atoms with E-state index in [1.807, 2.05) is 6.07 Å². The lowest BCUT2D eigenvalue weighted by molar-refractivity contribution is 0.0947. The molecule has 0 aliphatic rings. The van der Waals surface area contributed by atoms with Crippen LogP contribution in [0.2, 0.25) is 0 Å². The van der Waals surface area contributed by atoms with E-state index < -0.39 is 11.7 Å². The fourth-order valence-electron chi connectivity index (χ4n) is 1.48. The largest absolute Gasteiger partial charge is 0.446 e. The smallest absolute Gasteiger partial charge is 0.352 e. The van der Waals surface area contributed by atoms with E-state index in [4.69, 9.17) is 5.26 Å². The first kappa shape index (κ1) is 11.6. The average Bonchev–Trinajstić information content (AvgIpc) is 2.79. The highest BCUT2D eigenvalue weighted by atomic mass is 16.5. The molecular weight excluding hydrogens is 236 g/mol. The number of amides is 1. The van der Waals surface area contributed by atoms with Crippen molar-refractivity contribution < 1.29 is 10.7 Å². The molecule has 2 rings (SSSR count). The van der Waals surface area contributed by atoms with Crippen LogP contribution in [0.4, 0.5) is 0 Å². The monoisotopic (exact) mass is 246 g/mol. The molecular formula is C11H10N4O3. The molecule has 7 nitrogen and oxygen atoms in total. The van der Waals surface area contributed by atoms with Gasteiger partial charge in [-0.15, -0.1) is 0 Å². The Hall–Kier alpha value is -2.88. The van der Waals surface area contributed by atoms with Crippen LogP contribution in [-0.2, 0) is 0 Å². The van der Waals surface area contributed by atoms with E-state index in [1.165, 1.54) is 19.2 Å². The van der Waals surface area contributed by atoms with Gasteiger partial charge in [0.15, 0.2) is 0 Å². The van der Waals surface area contributed by atoms with Gasteiger partial charge in [-0.25, -0.2) is 9.36 Å². The second-order valence-electron chi connectivity index (χ2n) is 3.32. The van der Waals surface area contributed by atoms with E-state index in [1.54, 1.807) is 12.1 Å². The number of para-hydroxylation sites is 1. The molecule has 7 heteroatoms. The van der Waals surface area contributed by atoms with Gasteiger partial charge >= 0.3 is 5.76 Å². The van der Waals surface area contributed by atoms with E-state index in [0.717, 1.165) is 4.57 Å². The predicted molar refractivity (Wildman–Crippen MR) is 62.3 cm³/mol. The van der Waals surface area contributed by atoms with Crippen molar-refractivity contribution in [3.63, 3.8) is 0 Å². The van der Waals surface area contributed by atoms with Crippen molar-refractivity contribution in [1.29, 1.82) is 5.26 Å². The van der Waals surface area contributed by atoms with Crippen LogP contribution in [-0.4, -0.2) is 22.7 Å². The SMILES string of the molecule is CNC(=O)c1noc(=O)n1-c1ccccc1C#N.[HH]. The molecule has 0 unspecified atom stereocenters. The topological polar surface area (TPSA) is 101 Å². The van der Waals surface area contributed by atoms with Crippen molar-refractivity contribution >= 4 is 5.91 Å². The van der Waals surface area contributed by atoms with E-state index >= 15 is 0 Å². The van der Waals surface area contributed by atoms with Crippen LogP contribution in [0.15, 0.2) is 33.6 Å². The third-order valence-electron chi connectivity index (χ3n) is 2.30. The molecule has 0 radical (unpaired) electrons. The molecule has 1 aromatic carbocycles. The Morgan fingerprint density at radius 2 is 2.28 bits per heavy atom. The highest BCUT2D eigenvalue weighted by Gasteiger charge is 2.20. The first-order valence-electron chi connectivity index (χ1n) is 4.99. The molecule has 1 aromatic heterocycles. The van der Waals surface area contributed by atoms with Crippen molar-refractivity contribution in [3.8, 4) is 11.8 Å². The molecule has 0 spiro atoms. The maximum atomic E-state index is 11.6. The summed E-state index contributed by atoms with van der Waals surface area (Å²) in [5.41, 5.74) is 0.498. The van der Waals surface area contributed by atoms with Crippen LogP contribution in [0, 0.1) is 11.3 Å². The van der Waals surface area contributed by atoms with Crippen molar-refractivity contribution in [2.75, 3.05) is 7.05 Å². The lowest BCUT2D eigenvalue weighted by Gasteiger charge is -2.04. The number of benzene rings is 1. The van der Waals surface area contributed by atoms with Gasteiger partial charge in [0, 0.05) is 8.47 Å². The Labute approximate surface area is 103 Å². The summed E-state index contributed by atoms with van der Waals surface area (Å²) in [6, 6.07) is 8.29. The van der Waals surface area contributed by atoms with Crippen molar-refractivity contribution in [3.05, 3.63) is 46.2 Å². The number of hydrogen-bond acceptors (Lipinski definition) is 5. The molecule has 0 fully saturated rings. The van der Waals surface area contributed by atoms with E-state index in [9.17, 15) is 9.59 Å². The zero-order valence-electron chi connectivity index (χ0n) is 9.38. The van der Waals surface area contributed by atoms with Gasteiger partial charge in [-0.1, -0.05) is 12.1 Å². The van der Waals surface area contributed by atoms with Crippen LogP contribution >= 0.6 is 0 Å². The van der Waals surface area contributed by atoms with Gasteiger partial charge < -0.3 is 5.32 Å². The van der Waals surface area contributed by atoms with Gasteiger partial charge in [-0.3, -0.25) is 9.32 Å². The van der Waals surface area contributed by atoms with Gasteiger partial charge in [0.05, 0.1) is 11.3 Å². The standard InChI is InChI=1S/C11H8N4O3.H2/c1-13-10(16)9-14-18-11(17)15(9)8-5-3-2-4-7(8)6-12;/h2-5H,1H3,(H,13,16);1H. The molecule has 0 aliphatic carbocycles. The lowest BCUT2D eigenvalue weighted by atomic mass is 10.2. The van der Waals surface area contributed by atoms with Gasteiger partial charge in [-0.05, 0) is 17.3 Å². The third-order valence-corrected chi connectivity index (χ3v) is 2.30. The molecule has 1 amide bonds. The van der Waals surface area contributed by atoms with Gasteiger partial charge in [-0.2, -0.15) is 5.26 Å². The lowest BCUT2D eigenvalue weighted by Crippen LogP contribution is -2.26. The molecule has 2 aromatic rings. The number of nitriles is 1. The number of carbonyl (C=O) groups excluding carboxylic acids is 1. The molecule has 0 bridgehead atoms. The summed E-state index contributed by atoms with van der Waals surface area (Å²) in [6.07, 6.45) is 0. The number of hydrogen-bond donors (Lipinski definition) is 1. The fourth-order valence-corrected chi connectivity index (χ4v) is 1.48. The quantitative estimate of drug-likeness (QED) is 0.821. The number of nitrogens with zero attached hydrogens (tertiary/aromatic N) is 3. The Balaban J connectivity index is 0.00000180. The summed E-state index contributed by atoms with van der Waals surface area (Å²) in [5.74, 6) is -1.60.